The third kappa shape index (κ3) is 5.45. The maximum absolute atomic E-state index is 11.2. The number of aliphatic hydroxyl groups excluding tert-OH is 6. The summed E-state index contributed by atoms with van der Waals surface area (Å²) in [4.78, 5) is 0. The highest BCUT2D eigenvalue weighted by Crippen LogP contribution is 2.71. The third-order valence-corrected chi connectivity index (χ3v) is 15.5. The minimum absolute atomic E-state index is 0.141. The molecule has 4 aliphatic carbocycles. The zero-order chi connectivity index (χ0) is 35.5. The SMILES string of the molecule is C=C1CC[C@@]2(OC1)O[C@H]1C[C@@H]3[C@@H]4CC[C@@H]5C[C@@H](O)C[C@@H](O[C@@H]6OC[C@@H](O)[C@H](O)[C@H]6O[C@@H]6O[C@@H](C)[C@H](O)[C@@H](O)[C@H]6O)[C@]5(C)[C@H]4CC[C@]3(C)[C@H]1[C@@H]2C. The number of ether oxygens (including phenoxy) is 6. The molecule has 4 aliphatic heterocycles. The average molecular weight is 709 g/mol. The molecule has 0 radical (unpaired) electrons. The van der Waals surface area contributed by atoms with Gasteiger partial charge in [0, 0.05) is 18.8 Å². The maximum atomic E-state index is 11.2. The Kier molecular flexibility index (Phi) is 9.38. The fourth-order valence-corrected chi connectivity index (χ4v) is 12.8. The van der Waals surface area contributed by atoms with Crippen LogP contribution in [0.2, 0.25) is 0 Å². The number of hydrogen-bond acceptors (Lipinski definition) is 12. The molecule has 21 atom stereocenters. The lowest BCUT2D eigenvalue weighted by Crippen LogP contribution is -2.64. The largest absolute Gasteiger partial charge is 0.393 e. The van der Waals surface area contributed by atoms with Crippen LogP contribution in [-0.4, -0.2) is 123 Å². The van der Waals surface area contributed by atoms with Crippen LogP contribution in [0.15, 0.2) is 12.2 Å². The van der Waals surface area contributed by atoms with Crippen LogP contribution in [0.1, 0.15) is 85.5 Å². The molecule has 12 heteroatoms. The summed E-state index contributed by atoms with van der Waals surface area (Å²) in [5.74, 6) is 1.82. The second kappa shape index (κ2) is 12.9. The second-order valence-electron chi connectivity index (χ2n) is 17.9. The van der Waals surface area contributed by atoms with E-state index in [0.717, 1.165) is 50.5 Å². The van der Waals surface area contributed by atoms with E-state index < -0.39 is 73.3 Å². The molecule has 0 aromatic carbocycles. The third-order valence-electron chi connectivity index (χ3n) is 15.5. The molecule has 12 nitrogen and oxygen atoms in total. The number of fused-ring (bicyclic) bond motifs is 7. The van der Waals surface area contributed by atoms with Crippen LogP contribution in [0.5, 0.6) is 0 Å². The zero-order valence-electron chi connectivity index (χ0n) is 30.0. The average Bonchev–Trinajstić information content (AvgIpc) is 3.53. The molecule has 4 saturated heterocycles. The van der Waals surface area contributed by atoms with Crippen LogP contribution >= 0.6 is 0 Å². The number of rotatable bonds is 4. The van der Waals surface area contributed by atoms with E-state index in [-0.39, 0.29) is 29.5 Å². The molecule has 284 valence electrons. The van der Waals surface area contributed by atoms with Gasteiger partial charge in [0.25, 0.3) is 0 Å². The van der Waals surface area contributed by atoms with E-state index in [1.165, 1.54) is 0 Å². The topological polar surface area (TPSA) is 177 Å². The minimum Gasteiger partial charge on any atom is -0.393 e. The molecular formula is C38H60O12. The van der Waals surface area contributed by atoms with Crippen LogP contribution in [0.3, 0.4) is 0 Å². The first-order chi connectivity index (χ1) is 23.7. The molecule has 6 N–H and O–H groups in total. The summed E-state index contributed by atoms with van der Waals surface area (Å²) in [7, 11) is 0. The van der Waals surface area contributed by atoms with Gasteiger partial charge in [-0.25, -0.2) is 0 Å². The summed E-state index contributed by atoms with van der Waals surface area (Å²) in [6.45, 7) is 13.3. The van der Waals surface area contributed by atoms with E-state index in [4.69, 9.17) is 28.4 Å². The second-order valence-corrected chi connectivity index (χ2v) is 17.9. The summed E-state index contributed by atoms with van der Waals surface area (Å²) in [5, 5.41) is 64.2. The number of aliphatic hydroxyl groups is 6. The van der Waals surface area contributed by atoms with E-state index >= 15 is 0 Å². The van der Waals surface area contributed by atoms with Crippen LogP contribution < -0.4 is 0 Å². The van der Waals surface area contributed by atoms with Gasteiger partial charge in [0.1, 0.15) is 36.6 Å². The van der Waals surface area contributed by atoms with Crippen molar-refractivity contribution >= 4 is 0 Å². The molecule has 8 aliphatic rings. The Bertz CT molecular complexity index is 1270. The summed E-state index contributed by atoms with van der Waals surface area (Å²) < 4.78 is 38.0. The van der Waals surface area contributed by atoms with Gasteiger partial charge in [-0.3, -0.25) is 0 Å². The normalized spacial score (nSPS) is 59.4. The first-order valence-corrected chi connectivity index (χ1v) is 19.3. The van der Waals surface area contributed by atoms with Crippen molar-refractivity contribution < 1.29 is 59.1 Å². The van der Waals surface area contributed by atoms with E-state index in [9.17, 15) is 30.6 Å². The fraction of sp³-hybridized carbons (Fsp3) is 0.947. The highest BCUT2D eigenvalue weighted by molar-refractivity contribution is 5.17. The van der Waals surface area contributed by atoms with Crippen molar-refractivity contribution in [2.24, 2.45) is 46.3 Å². The monoisotopic (exact) mass is 708 g/mol. The number of hydrogen-bond donors (Lipinski definition) is 6. The Labute approximate surface area is 295 Å². The van der Waals surface area contributed by atoms with Crippen molar-refractivity contribution in [1.82, 2.24) is 0 Å². The van der Waals surface area contributed by atoms with Gasteiger partial charge in [0.05, 0.1) is 37.6 Å². The van der Waals surface area contributed by atoms with Gasteiger partial charge in [0.15, 0.2) is 18.4 Å². The highest BCUT2D eigenvalue weighted by Gasteiger charge is 2.70. The molecule has 1 spiro atoms. The lowest BCUT2D eigenvalue weighted by atomic mass is 9.43. The molecule has 0 amide bonds. The molecule has 0 bridgehead atoms. The Morgan fingerprint density at radius 1 is 0.820 bits per heavy atom. The minimum atomic E-state index is -1.60. The molecular weight excluding hydrogens is 648 g/mol. The van der Waals surface area contributed by atoms with Gasteiger partial charge in [-0.1, -0.05) is 32.9 Å². The van der Waals surface area contributed by atoms with E-state index in [1.54, 1.807) is 6.92 Å². The van der Waals surface area contributed by atoms with Gasteiger partial charge in [-0.2, -0.15) is 0 Å². The predicted molar refractivity (Wildman–Crippen MR) is 177 cm³/mol. The van der Waals surface area contributed by atoms with Crippen molar-refractivity contribution in [3.05, 3.63) is 12.2 Å². The molecule has 50 heavy (non-hydrogen) atoms. The fourth-order valence-electron chi connectivity index (χ4n) is 12.8. The van der Waals surface area contributed by atoms with Crippen molar-refractivity contribution in [3.8, 4) is 0 Å². The van der Waals surface area contributed by atoms with Crippen molar-refractivity contribution in [2.45, 2.75) is 165 Å². The van der Waals surface area contributed by atoms with Gasteiger partial charge < -0.3 is 59.1 Å². The first kappa shape index (κ1) is 36.2. The van der Waals surface area contributed by atoms with Crippen molar-refractivity contribution in [2.75, 3.05) is 13.2 Å². The zero-order valence-corrected chi connectivity index (χ0v) is 30.0. The smallest absolute Gasteiger partial charge is 0.187 e. The van der Waals surface area contributed by atoms with Gasteiger partial charge in [-0.05, 0) is 92.3 Å². The van der Waals surface area contributed by atoms with Crippen LogP contribution in [0.4, 0.5) is 0 Å². The molecule has 0 unspecified atom stereocenters. The van der Waals surface area contributed by atoms with Crippen molar-refractivity contribution in [1.29, 1.82) is 0 Å². The van der Waals surface area contributed by atoms with Gasteiger partial charge in [-0.15, -0.1) is 0 Å². The Balaban J connectivity index is 1.03. The molecule has 8 fully saturated rings. The van der Waals surface area contributed by atoms with Crippen molar-refractivity contribution in [3.63, 3.8) is 0 Å². The molecule has 0 aromatic heterocycles. The predicted octanol–water partition coefficient (Wildman–Crippen LogP) is 2.00. The van der Waals surface area contributed by atoms with Crippen LogP contribution in [-0.2, 0) is 28.4 Å². The summed E-state index contributed by atoms with van der Waals surface area (Å²) >= 11 is 0. The summed E-state index contributed by atoms with van der Waals surface area (Å²) in [6, 6.07) is 0. The summed E-state index contributed by atoms with van der Waals surface area (Å²) in [5.41, 5.74) is 0.997. The first-order valence-electron chi connectivity index (χ1n) is 19.3. The van der Waals surface area contributed by atoms with Crippen LogP contribution in [0.25, 0.3) is 0 Å². The lowest BCUT2D eigenvalue weighted by Gasteiger charge is -2.63. The molecule has 4 saturated carbocycles. The standard InChI is InChI=1S/C38H60O12/c1-17-8-11-38(46-15-17)18(2)28-26(50-38)14-24-22-7-6-20-12-21(39)13-27(37(20,5)23(22)9-10-36(24,28)4)48-35-33(30(42)25(40)16-45-35)49-34-32(44)31(43)29(41)19(3)47-34/h18-35,39-44H,1,6-16H2,2-5H3/t18-,19-,20+,21+,22+,23-,24+,25+,26-,27+,28-,29-,30-,31+,32+,33+,34-,35-,36-,37-,38+/m0/s1. The Morgan fingerprint density at radius 3 is 2.34 bits per heavy atom. The lowest BCUT2D eigenvalue weighted by molar-refractivity contribution is -0.366. The Morgan fingerprint density at radius 2 is 1.60 bits per heavy atom. The van der Waals surface area contributed by atoms with Crippen LogP contribution in [0, 0.1) is 46.3 Å². The molecule has 8 rings (SSSR count). The van der Waals surface area contributed by atoms with Gasteiger partial charge in [0.2, 0.25) is 0 Å². The van der Waals surface area contributed by atoms with E-state index in [0.29, 0.717) is 49.0 Å². The highest BCUT2D eigenvalue weighted by atomic mass is 16.8. The van der Waals surface area contributed by atoms with E-state index in [2.05, 4.69) is 27.4 Å². The van der Waals surface area contributed by atoms with E-state index in [1.807, 2.05) is 0 Å². The summed E-state index contributed by atoms with van der Waals surface area (Å²) in [6.07, 6.45) is -4.35. The molecule has 4 heterocycles. The quantitative estimate of drug-likeness (QED) is 0.235. The Hall–Kier alpha value is -0.740. The maximum Gasteiger partial charge on any atom is 0.187 e. The molecule has 0 aromatic rings. The van der Waals surface area contributed by atoms with Gasteiger partial charge >= 0.3 is 0 Å².